The quantitative estimate of drug-likeness (QED) is 0.444. The minimum atomic E-state index is -0.227. The van der Waals surface area contributed by atoms with Crippen molar-refractivity contribution in [1.29, 1.82) is 0 Å². The van der Waals surface area contributed by atoms with Crippen molar-refractivity contribution >= 4 is 22.9 Å². The Morgan fingerprint density at radius 2 is 1.69 bits per heavy atom. The zero-order chi connectivity index (χ0) is 21.9. The molecule has 1 fully saturated rings. The van der Waals surface area contributed by atoms with Crippen LogP contribution in [0.15, 0.2) is 78.3 Å². The third-order valence-electron chi connectivity index (χ3n) is 5.69. The fraction of sp³-hybridized carbons (Fsp3) is 0.200. The molecule has 0 bridgehead atoms. The van der Waals surface area contributed by atoms with Gasteiger partial charge in [0.05, 0.1) is 22.7 Å². The van der Waals surface area contributed by atoms with Gasteiger partial charge in [-0.15, -0.1) is 11.3 Å². The Morgan fingerprint density at radius 3 is 2.41 bits per heavy atom. The van der Waals surface area contributed by atoms with Crippen molar-refractivity contribution in [1.82, 2.24) is 14.7 Å². The zero-order valence-corrected chi connectivity index (χ0v) is 18.3. The highest BCUT2D eigenvalue weighted by molar-refractivity contribution is 7.13. The van der Waals surface area contributed by atoms with Crippen LogP contribution in [0.4, 0.5) is 10.1 Å². The Kier molecular flexibility index (Phi) is 5.73. The second-order valence-electron chi connectivity index (χ2n) is 7.78. The summed E-state index contributed by atoms with van der Waals surface area (Å²) in [5.74, 6) is -0.254. The lowest BCUT2D eigenvalue weighted by Gasteiger charge is -2.36. The largest absolute Gasteiger partial charge is 0.366 e. The molecule has 0 spiro atoms. The molecule has 1 saturated heterocycles. The van der Waals surface area contributed by atoms with E-state index in [2.05, 4.69) is 12.1 Å². The highest BCUT2D eigenvalue weighted by atomic mass is 32.1. The van der Waals surface area contributed by atoms with Crippen LogP contribution in [0.1, 0.15) is 15.9 Å². The Hall–Kier alpha value is -3.45. The van der Waals surface area contributed by atoms with Crippen LogP contribution >= 0.6 is 11.3 Å². The van der Waals surface area contributed by atoms with Gasteiger partial charge in [-0.1, -0.05) is 48.5 Å². The number of benzene rings is 2. The van der Waals surface area contributed by atoms with Crippen LogP contribution in [0.3, 0.4) is 0 Å². The molecule has 0 N–H and O–H groups in total. The number of para-hydroxylation sites is 1. The Bertz CT molecular complexity index is 1200. The molecule has 0 aliphatic carbocycles. The molecule has 5 nitrogen and oxygen atoms in total. The number of rotatable bonds is 5. The Labute approximate surface area is 190 Å². The van der Waals surface area contributed by atoms with E-state index in [4.69, 9.17) is 5.10 Å². The summed E-state index contributed by atoms with van der Waals surface area (Å²) < 4.78 is 16.0. The molecule has 3 heterocycles. The van der Waals surface area contributed by atoms with E-state index in [1.165, 1.54) is 6.07 Å². The number of thiophene rings is 1. The maximum absolute atomic E-state index is 14.2. The number of aromatic nitrogens is 2. The van der Waals surface area contributed by atoms with E-state index in [0.717, 1.165) is 16.1 Å². The highest BCUT2D eigenvalue weighted by Gasteiger charge is 2.27. The maximum Gasteiger partial charge on any atom is 0.257 e. The topological polar surface area (TPSA) is 41.4 Å². The van der Waals surface area contributed by atoms with Gasteiger partial charge < -0.3 is 9.80 Å². The predicted octanol–water partition coefficient (Wildman–Crippen LogP) is 4.76. The van der Waals surface area contributed by atoms with Gasteiger partial charge in [-0.25, -0.2) is 4.39 Å². The molecule has 0 radical (unpaired) electrons. The SMILES string of the molecule is O=C(c1cn(Cc2ccccc2)nc1-c1cccs1)N1CCN(c2ccccc2F)CC1. The summed E-state index contributed by atoms with van der Waals surface area (Å²) in [6, 6.07) is 20.8. The van der Waals surface area contributed by atoms with Crippen LogP contribution < -0.4 is 4.90 Å². The first-order chi connectivity index (χ1) is 15.7. The van der Waals surface area contributed by atoms with Crippen molar-refractivity contribution in [2.24, 2.45) is 0 Å². The van der Waals surface area contributed by atoms with Gasteiger partial charge in [-0.05, 0) is 29.1 Å². The molecule has 1 aliphatic heterocycles. The van der Waals surface area contributed by atoms with Crippen LogP contribution in [0.5, 0.6) is 0 Å². The molecule has 1 amide bonds. The fourth-order valence-corrected chi connectivity index (χ4v) is 4.78. The number of anilines is 1. The van der Waals surface area contributed by atoms with Crippen molar-refractivity contribution in [2.45, 2.75) is 6.54 Å². The number of piperazine rings is 1. The van der Waals surface area contributed by atoms with Gasteiger partial charge in [0.1, 0.15) is 11.5 Å². The molecule has 4 aromatic rings. The van der Waals surface area contributed by atoms with E-state index in [-0.39, 0.29) is 11.7 Å². The third-order valence-corrected chi connectivity index (χ3v) is 6.57. The molecule has 5 rings (SSSR count). The first kappa shape index (κ1) is 20.5. The Balaban J connectivity index is 1.36. The summed E-state index contributed by atoms with van der Waals surface area (Å²) in [5, 5.41) is 6.75. The monoisotopic (exact) mass is 446 g/mol. The van der Waals surface area contributed by atoms with Gasteiger partial charge in [-0.2, -0.15) is 5.10 Å². The first-order valence-corrected chi connectivity index (χ1v) is 11.5. The first-order valence-electron chi connectivity index (χ1n) is 10.6. The van der Waals surface area contributed by atoms with Crippen LogP contribution in [0, 0.1) is 5.82 Å². The van der Waals surface area contributed by atoms with Gasteiger partial charge >= 0.3 is 0 Å². The summed E-state index contributed by atoms with van der Waals surface area (Å²) in [4.78, 5) is 18.3. The van der Waals surface area contributed by atoms with E-state index in [9.17, 15) is 9.18 Å². The number of amides is 1. The molecule has 0 atom stereocenters. The normalized spacial score (nSPS) is 14.0. The lowest BCUT2D eigenvalue weighted by molar-refractivity contribution is 0.0747. The molecule has 2 aromatic carbocycles. The lowest BCUT2D eigenvalue weighted by atomic mass is 10.1. The molecule has 0 saturated carbocycles. The second-order valence-corrected chi connectivity index (χ2v) is 8.73. The van der Waals surface area contributed by atoms with Crippen molar-refractivity contribution < 1.29 is 9.18 Å². The average molecular weight is 447 g/mol. The number of carbonyl (C=O) groups is 1. The van der Waals surface area contributed by atoms with E-state index in [0.29, 0.717) is 44.0 Å². The van der Waals surface area contributed by atoms with Gasteiger partial charge in [0.25, 0.3) is 5.91 Å². The van der Waals surface area contributed by atoms with Crippen LogP contribution in [-0.4, -0.2) is 46.8 Å². The summed E-state index contributed by atoms with van der Waals surface area (Å²) in [7, 11) is 0. The lowest BCUT2D eigenvalue weighted by Crippen LogP contribution is -2.49. The van der Waals surface area contributed by atoms with Crippen molar-refractivity contribution in [3.05, 3.63) is 95.3 Å². The molecule has 1 aliphatic rings. The smallest absolute Gasteiger partial charge is 0.257 e. The van der Waals surface area contributed by atoms with E-state index < -0.39 is 0 Å². The van der Waals surface area contributed by atoms with Gasteiger partial charge in [-0.3, -0.25) is 9.48 Å². The van der Waals surface area contributed by atoms with Gasteiger partial charge in [0.15, 0.2) is 0 Å². The number of hydrogen-bond acceptors (Lipinski definition) is 4. The van der Waals surface area contributed by atoms with Crippen LogP contribution in [0.25, 0.3) is 10.6 Å². The average Bonchev–Trinajstić information content (AvgIpc) is 3.50. The number of nitrogens with zero attached hydrogens (tertiary/aromatic N) is 4. The van der Waals surface area contributed by atoms with E-state index in [1.807, 2.05) is 62.5 Å². The summed E-state index contributed by atoms with van der Waals surface area (Å²) in [5.41, 5.74) is 3.06. The number of halogens is 1. The molecule has 0 unspecified atom stereocenters. The second kappa shape index (κ2) is 8.96. The minimum Gasteiger partial charge on any atom is -0.366 e. The van der Waals surface area contributed by atoms with E-state index in [1.54, 1.807) is 23.5 Å². The molecule has 7 heteroatoms. The highest BCUT2D eigenvalue weighted by Crippen LogP contribution is 2.29. The Morgan fingerprint density at radius 1 is 0.938 bits per heavy atom. The summed E-state index contributed by atoms with van der Waals surface area (Å²) in [6.07, 6.45) is 1.85. The van der Waals surface area contributed by atoms with E-state index >= 15 is 0 Å². The van der Waals surface area contributed by atoms with Gasteiger partial charge in [0.2, 0.25) is 0 Å². The summed E-state index contributed by atoms with van der Waals surface area (Å²) >= 11 is 1.58. The molecule has 162 valence electrons. The van der Waals surface area contributed by atoms with Crippen LogP contribution in [-0.2, 0) is 6.54 Å². The van der Waals surface area contributed by atoms with Crippen LogP contribution in [0.2, 0.25) is 0 Å². The maximum atomic E-state index is 14.2. The predicted molar refractivity (Wildman–Crippen MR) is 126 cm³/mol. The molecular weight excluding hydrogens is 423 g/mol. The molecular formula is C25H23FN4OS. The molecule has 32 heavy (non-hydrogen) atoms. The number of carbonyl (C=O) groups excluding carboxylic acids is 1. The fourth-order valence-electron chi connectivity index (χ4n) is 4.05. The van der Waals surface area contributed by atoms with Crippen molar-refractivity contribution in [3.63, 3.8) is 0 Å². The van der Waals surface area contributed by atoms with Crippen molar-refractivity contribution in [2.75, 3.05) is 31.1 Å². The van der Waals surface area contributed by atoms with Crippen molar-refractivity contribution in [3.8, 4) is 10.6 Å². The zero-order valence-electron chi connectivity index (χ0n) is 17.5. The molecule has 2 aromatic heterocycles. The van der Waals surface area contributed by atoms with Gasteiger partial charge in [0, 0.05) is 32.4 Å². The minimum absolute atomic E-state index is 0.0269. The standard InChI is InChI=1S/C25H23FN4OS/c26-21-9-4-5-10-22(21)28-12-14-29(15-13-28)25(31)20-18-30(17-19-7-2-1-3-8-19)27-24(20)23-11-6-16-32-23/h1-11,16,18H,12-15,17H2. The number of hydrogen-bond donors (Lipinski definition) is 0. The summed E-state index contributed by atoms with van der Waals surface area (Å²) in [6.45, 7) is 2.88. The third kappa shape index (κ3) is 4.16.